The Bertz CT molecular complexity index is 530. The molecular weight excluding hydrogens is 388 g/mol. The molecule has 0 aromatic rings. The number of hydrogen-bond donors (Lipinski definition) is 2. The number of carbonyl (C=O) groups is 2. The monoisotopic (exact) mass is 436 g/mol. The zero-order valence-electron chi connectivity index (χ0n) is 20.6. The normalized spacial score (nSPS) is 27.4. The fourth-order valence-electron chi connectivity index (χ4n) is 5.61. The molecule has 31 heavy (non-hydrogen) atoms. The average Bonchev–Trinajstić information content (AvgIpc) is 3.25. The molecule has 0 aromatic carbocycles. The highest BCUT2D eigenvalue weighted by Crippen LogP contribution is 2.38. The van der Waals surface area contributed by atoms with E-state index in [0.29, 0.717) is 11.6 Å². The van der Waals surface area contributed by atoms with E-state index in [-0.39, 0.29) is 47.7 Å². The molecule has 2 N–H and O–H groups in total. The molecule has 180 valence electrons. The molecule has 2 aliphatic carbocycles. The van der Waals surface area contributed by atoms with Crippen molar-refractivity contribution >= 4 is 11.6 Å². The summed E-state index contributed by atoms with van der Waals surface area (Å²) < 4.78 is 0. The van der Waals surface area contributed by atoms with Crippen molar-refractivity contribution in [2.24, 2.45) is 34.5 Å². The van der Waals surface area contributed by atoms with Gasteiger partial charge in [-0.1, -0.05) is 47.0 Å². The van der Waals surface area contributed by atoms with Crippen molar-refractivity contribution in [1.29, 1.82) is 0 Å². The topological polar surface area (TPSA) is 74.6 Å². The van der Waals surface area contributed by atoms with Crippen LogP contribution in [0.15, 0.2) is 0 Å². The Morgan fingerprint density at radius 3 is 1.19 bits per heavy atom. The Hall–Kier alpha value is -0.740. The van der Waals surface area contributed by atoms with Crippen LogP contribution < -0.4 is 0 Å². The SMILES string of the molecule is CC(C)(CO)CCCC1CCC(CCCC2CCC(CCCC(C)(C)CO)C2=O)C1=O. The van der Waals surface area contributed by atoms with Crippen LogP contribution in [0.1, 0.15) is 111 Å². The minimum atomic E-state index is -0.0399. The van der Waals surface area contributed by atoms with E-state index in [4.69, 9.17) is 0 Å². The largest absolute Gasteiger partial charge is 0.396 e. The quantitative estimate of drug-likeness (QED) is 0.365. The highest BCUT2D eigenvalue weighted by atomic mass is 16.3. The van der Waals surface area contributed by atoms with Gasteiger partial charge in [-0.3, -0.25) is 9.59 Å². The predicted molar refractivity (Wildman–Crippen MR) is 126 cm³/mol. The Morgan fingerprint density at radius 1 is 0.613 bits per heavy atom. The second-order valence-electron chi connectivity index (χ2n) is 12.1. The summed E-state index contributed by atoms with van der Waals surface area (Å²) in [6.45, 7) is 8.73. The highest BCUT2D eigenvalue weighted by molar-refractivity contribution is 5.86. The van der Waals surface area contributed by atoms with Crippen molar-refractivity contribution in [3.05, 3.63) is 0 Å². The standard InChI is InChI=1S/C27H48O4/c1-26(2,18-28)16-6-10-22-14-12-20(24(22)30)8-5-9-21-13-15-23(25(21)31)11-7-17-27(3,4)19-29/h20-23,28-29H,5-19H2,1-4H3. The van der Waals surface area contributed by atoms with E-state index < -0.39 is 0 Å². The maximum atomic E-state index is 12.8. The first-order valence-corrected chi connectivity index (χ1v) is 12.9. The number of aliphatic hydroxyl groups excluding tert-OH is 2. The fourth-order valence-corrected chi connectivity index (χ4v) is 5.61. The minimum Gasteiger partial charge on any atom is -0.396 e. The van der Waals surface area contributed by atoms with Crippen molar-refractivity contribution < 1.29 is 19.8 Å². The van der Waals surface area contributed by atoms with Gasteiger partial charge in [-0.2, -0.15) is 0 Å². The molecule has 4 unspecified atom stereocenters. The molecule has 0 spiro atoms. The second kappa shape index (κ2) is 11.9. The highest BCUT2D eigenvalue weighted by Gasteiger charge is 2.36. The van der Waals surface area contributed by atoms with E-state index in [0.717, 1.165) is 83.5 Å². The van der Waals surface area contributed by atoms with E-state index in [2.05, 4.69) is 27.7 Å². The van der Waals surface area contributed by atoms with Crippen LogP contribution in [0.5, 0.6) is 0 Å². The molecule has 4 atom stereocenters. The molecule has 0 heterocycles. The van der Waals surface area contributed by atoms with Gasteiger partial charge in [0, 0.05) is 36.9 Å². The number of aliphatic hydroxyl groups is 2. The van der Waals surface area contributed by atoms with Crippen LogP contribution in [-0.4, -0.2) is 35.0 Å². The number of hydrogen-bond acceptors (Lipinski definition) is 4. The second-order valence-corrected chi connectivity index (χ2v) is 12.1. The molecule has 4 heteroatoms. The summed E-state index contributed by atoms with van der Waals surface area (Å²) >= 11 is 0. The molecule has 0 aromatic heterocycles. The van der Waals surface area contributed by atoms with Gasteiger partial charge in [0.05, 0.1) is 0 Å². The molecule has 0 radical (unpaired) electrons. The van der Waals surface area contributed by atoms with Gasteiger partial charge in [0.15, 0.2) is 0 Å². The molecule has 0 saturated heterocycles. The van der Waals surface area contributed by atoms with E-state index in [1.165, 1.54) is 0 Å². The number of carbonyl (C=O) groups excluding carboxylic acids is 2. The van der Waals surface area contributed by atoms with Crippen LogP contribution in [-0.2, 0) is 9.59 Å². The average molecular weight is 437 g/mol. The van der Waals surface area contributed by atoms with Gasteiger partial charge >= 0.3 is 0 Å². The van der Waals surface area contributed by atoms with Gasteiger partial charge in [0.2, 0.25) is 0 Å². The molecule has 2 saturated carbocycles. The summed E-state index contributed by atoms with van der Waals surface area (Å²) in [6, 6.07) is 0. The lowest BCUT2D eigenvalue weighted by molar-refractivity contribution is -0.124. The van der Waals surface area contributed by atoms with Gasteiger partial charge < -0.3 is 10.2 Å². The van der Waals surface area contributed by atoms with Crippen molar-refractivity contribution in [3.63, 3.8) is 0 Å². The van der Waals surface area contributed by atoms with Crippen molar-refractivity contribution in [3.8, 4) is 0 Å². The molecule has 0 bridgehead atoms. The Kier molecular flexibility index (Phi) is 10.2. The lowest BCUT2D eigenvalue weighted by atomic mass is 9.85. The van der Waals surface area contributed by atoms with Gasteiger partial charge in [0.25, 0.3) is 0 Å². The lowest BCUT2D eigenvalue weighted by Crippen LogP contribution is -2.19. The van der Waals surface area contributed by atoms with Crippen LogP contribution in [0.25, 0.3) is 0 Å². The van der Waals surface area contributed by atoms with Crippen LogP contribution >= 0.6 is 0 Å². The summed E-state index contributed by atoms with van der Waals surface area (Å²) in [5.74, 6) is 1.79. The number of rotatable bonds is 14. The van der Waals surface area contributed by atoms with Gasteiger partial charge in [0.1, 0.15) is 11.6 Å². The maximum absolute atomic E-state index is 12.8. The summed E-state index contributed by atoms with van der Waals surface area (Å²) in [5.41, 5.74) is -0.0798. The summed E-state index contributed by atoms with van der Waals surface area (Å²) in [4.78, 5) is 25.5. The zero-order valence-corrected chi connectivity index (χ0v) is 20.6. The Balaban J connectivity index is 1.64. The maximum Gasteiger partial charge on any atom is 0.139 e. The molecule has 0 aliphatic heterocycles. The Morgan fingerprint density at radius 2 is 0.903 bits per heavy atom. The minimum absolute atomic E-state index is 0.0399. The van der Waals surface area contributed by atoms with E-state index in [1.807, 2.05) is 0 Å². The van der Waals surface area contributed by atoms with Gasteiger partial charge in [-0.25, -0.2) is 0 Å². The van der Waals surface area contributed by atoms with E-state index in [1.54, 1.807) is 0 Å². The summed E-state index contributed by atoms with van der Waals surface area (Å²) in [5, 5.41) is 18.8. The summed E-state index contributed by atoms with van der Waals surface area (Å²) in [6.07, 6.45) is 12.9. The van der Waals surface area contributed by atoms with Crippen LogP contribution in [0.3, 0.4) is 0 Å². The van der Waals surface area contributed by atoms with Crippen molar-refractivity contribution in [2.45, 2.75) is 111 Å². The van der Waals surface area contributed by atoms with E-state index in [9.17, 15) is 19.8 Å². The summed E-state index contributed by atoms with van der Waals surface area (Å²) in [7, 11) is 0. The first-order valence-electron chi connectivity index (χ1n) is 12.9. The third kappa shape index (κ3) is 8.28. The number of ketones is 2. The van der Waals surface area contributed by atoms with Crippen molar-refractivity contribution in [2.75, 3.05) is 13.2 Å². The predicted octanol–water partition coefficient (Wildman–Crippen LogP) is 5.72. The van der Waals surface area contributed by atoms with Crippen molar-refractivity contribution in [1.82, 2.24) is 0 Å². The first-order chi connectivity index (χ1) is 14.6. The van der Waals surface area contributed by atoms with Crippen LogP contribution in [0.2, 0.25) is 0 Å². The zero-order chi connectivity index (χ0) is 23.1. The molecule has 2 aliphatic rings. The number of Topliss-reactive ketones (excluding diaryl/α,β-unsaturated/α-hetero) is 2. The first kappa shape index (κ1) is 26.5. The third-order valence-electron chi connectivity index (χ3n) is 8.11. The molecule has 0 amide bonds. The fraction of sp³-hybridized carbons (Fsp3) is 0.926. The molecule has 4 nitrogen and oxygen atoms in total. The smallest absolute Gasteiger partial charge is 0.139 e. The molecule has 2 fully saturated rings. The van der Waals surface area contributed by atoms with Crippen LogP contribution in [0.4, 0.5) is 0 Å². The van der Waals surface area contributed by atoms with Gasteiger partial charge in [-0.05, 0) is 75.0 Å². The van der Waals surface area contributed by atoms with Gasteiger partial charge in [-0.15, -0.1) is 0 Å². The Labute approximate surface area is 190 Å². The molecular formula is C27H48O4. The third-order valence-corrected chi connectivity index (χ3v) is 8.11. The molecule has 2 rings (SSSR count). The lowest BCUT2D eigenvalue weighted by Gasteiger charge is -2.22. The van der Waals surface area contributed by atoms with E-state index >= 15 is 0 Å². The van der Waals surface area contributed by atoms with Crippen LogP contribution in [0, 0.1) is 34.5 Å².